The molecule has 244 valence electrons. The van der Waals surface area contributed by atoms with E-state index < -0.39 is 74.5 Å². The van der Waals surface area contributed by atoms with Crippen molar-refractivity contribution in [1.82, 2.24) is 0 Å². The molecule has 0 amide bonds. The summed E-state index contributed by atoms with van der Waals surface area (Å²) in [5.41, 5.74) is -2.13. The first kappa shape index (κ1) is 33.3. The van der Waals surface area contributed by atoms with E-state index in [-0.39, 0.29) is 40.1 Å². The molecule has 0 aromatic heterocycles. The summed E-state index contributed by atoms with van der Waals surface area (Å²) in [5, 5.41) is 62.8. The molecule has 0 bridgehead atoms. The molecule has 2 aliphatic heterocycles. The van der Waals surface area contributed by atoms with Gasteiger partial charge in [0.15, 0.2) is 41.0 Å². The first-order valence-electron chi connectivity index (χ1n) is 13.3. The number of phenols is 1. The van der Waals surface area contributed by atoms with E-state index in [0.717, 1.165) is 0 Å². The predicted octanol–water partition coefficient (Wildman–Crippen LogP) is -1.07. The standard InChI is InChI=1S/C28H36O16/c1-36-16-7-13(5-6-15(16)30)25(34)40-11-28(35)12-41-27(24(28)33)44-23-21(32)20(31)19(10-29)43-26(23)42-14-8-17(37-2)22(39-4)18(9-14)38-3/h5-9,19-21,23-24,26-27,29-33,35H,10-12H2,1-4H3. The lowest BCUT2D eigenvalue weighted by Gasteiger charge is -2.42. The summed E-state index contributed by atoms with van der Waals surface area (Å²) in [7, 11) is 5.50. The van der Waals surface area contributed by atoms with Crippen LogP contribution in [0.5, 0.6) is 34.5 Å². The average Bonchev–Trinajstić information content (AvgIpc) is 3.31. The number of phenolic OH excluding ortho intramolecular Hbond substituents is 1. The Morgan fingerprint density at radius 3 is 2.18 bits per heavy atom. The Balaban J connectivity index is 1.49. The number of aliphatic hydroxyl groups is 5. The summed E-state index contributed by atoms with van der Waals surface area (Å²) in [4.78, 5) is 12.6. The fraction of sp³-hybridized carbons (Fsp3) is 0.536. The van der Waals surface area contributed by atoms with Crippen molar-refractivity contribution in [2.45, 2.75) is 48.7 Å². The summed E-state index contributed by atoms with van der Waals surface area (Å²) in [5.74, 6) is -0.224. The van der Waals surface area contributed by atoms with Crippen LogP contribution >= 0.6 is 0 Å². The lowest BCUT2D eigenvalue weighted by Crippen LogP contribution is -2.62. The molecule has 2 heterocycles. The van der Waals surface area contributed by atoms with Crippen molar-refractivity contribution in [2.24, 2.45) is 0 Å². The molecule has 2 aliphatic rings. The number of carbonyl (C=O) groups excluding carboxylic acids is 1. The third-order valence-corrected chi connectivity index (χ3v) is 7.18. The third-order valence-electron chi connectivity index (χ3n) is 7.18. The zero-order valence-electron chi connectivity index (χ0n) is 24.3. The van der Waals surface area contributed by atoms with Gasteiger partial charge in [-0.1, -0.05) is 0 Å². The van der Waals surface area contributed by atoms with Gasteiger partial charge in [0, 0.05) is 12.1 Å². The second-order valence-electron chi connectivity index (χ2n) is 9.98. The van der Waals surface area contributed by atoms with Crippen LogP contribution in [-0.2, 0) is 18.9 Å². The quantitative estimate of drug-likeness (QED) is 0.154. The summed E-state index contributed by atoms with van der Waals surface area (Å²) >= 11 is 0. The summed E-state index contributed by atoms with van der Waals surface area (Å²) in [6.45, 7) is -1.95. The molecular formula is C28H36O16. The normalized spacial score (nSPS) is 30.0. The minimum atomic E-state index is -2.14. The highest BCUT2D eigenvalue weighted by molar-refractivity contribution is 5.90. The molecule has 16 nitrogen and oxygen atoms in total. The Kier molecular flexibility index (Phi) is 10.6. The van der Waals surface area contributed by atoms with Crippen LogP contribution < -0.4 is 23.7 Å². The number of hydrogen-bond acceptors (Lipinski definition) is 16. The number of ether oxygens (including phenoxy) is 9. The van der Waals surface area contributed by atoms with E-state index in [1.54, 1.807) is 0 Å². The second-order valence-corrected chi connectivity index (χ2v) is 9.98. The van der Waals surface area contributed by atoms with E-state index in [2.05, 4.69) is 0 Å². The van der Waals surface area contributed by atoms with Crippen LogP contribution in [0.15, 0.2) is 30.3 Å². The lowest BCUT2D eigenvalue weighted by atomic mass is 9.98. The molecule has 2 fully saturated rings. The smallest absolute Gasteiger partial charge is 0.338 e. The third kappa shape index (κ3) is 6.72. The summed E-state index contributed by atoms with van der Waals surface area (Å²) in [6.07, 6.45) is -11.1. The maximum absolute atomic E-state index is 12.6. The highest BCUT2D eigenvalue weighted by atomic mass is 16.8. The van der Waals surface area contributed by atoms with Crippen molar-refractivity contribution in [3.05, 3.63) is 35.9 Å². The molecule has 2 aromatic carbocycles. The minimum absolute atomic E-state index is 0.00569. The van der Waals surface area contributed by atoms with E-state index in [0.29, 0.717) is 0 Å². The van der Waals surface area contributed by atoms with Crippen molar-refractivity contribution >= 4 is 5.97 Å². The van der Waals surface area contributed by atoms with Gasteiger partial charge in [0.05, 0.1) is 47.2 Å². The van der Waals surface area contributed by atoms with Crippen LogP contribution in [0.2, 0.25) is 0 Å². The molecule has 2 saturated heterocycles. The topological polar surface area (TPSA) is 222 Å². The zero-order chi connectivity index (χ0) is 32.2. The highest BCUT2D eigenvalue weighted by Gasteiger charge is 2.54. The van der Waals surface area contributed by atoms with Gasteiger partial charge in [-0.2, -0.15) is 0 Å². The number of methoxy groups -OCH3 is 4. The highest BCUT2D eigenvalue weighted by Crippen LogP contribution is 2.42. The molecule has 2 aromatic rings. The van der Waals surface area contributed by atoms with Crippen molar-refractivity contribution in [2.75, 3.05) is 48.3 Å². The number of aromatic hydroxyl groups is 1. The van der Waals surface area contributed by atoms with Gasteiger partial charge in [-0.25, -0.2) is 4.79 Å². The fourth-order valence-corrected chi connectivity index (χ4v) is 4.69. The van der Waals surface area contributed by atoms with Crippen LogP contribution in [0.1, 0.15) is 10.4 Å². The zero-order valence-corrected chi connectivity index (χ0v) is 24.3. The van der Waals surface area contributed by atoms with Gasteiger partial charge in [-0.3, -0.25) is 0 Å². The Morgan fingerprint density at radius 1 is 0.932 bits per heavy atom. The number of aliphatic hydroxyl groups excluding tert-OH is 4. The SMILES string of the molecule is COc1cc(C(=O)OCC2(O)COC(OC3C(Oc4cc(OC)c(OC)c(OC)c4)OC(CO)C(O)C3O)C2O)ccc1O. The first-order valence-corrected chi connectivity index (χ1v) is 13.3. The number of benzene rings is 2. The van der Waals surface area contributed by atoms with Gasteiger partial charge in [-0.15, -0.1) is 0 Å². The van der Waals surface area contributed by atoms with Crippen molar-refractivity contribution in [3.8, 4) is 34.5 Å². The number of carbonyl (C=O) groups is 1. The predicted molar refractivity (Wildman–Crippen MR) is 145 cm³/mol. The van der Waals surface area contributed by atoms with Crippen molar-refractivity contribution in [1.29, 1.82) is 0 Å². The molecule has 6 N–H and O–H groups in total. The minimum Gasteiger partial charge on any atom is -0.504 e. The van der Waals surface area contributed by atoms with Crippen LogP contribution in [0, 0.1) is 0 Å². The first-order chi connectivity index (χ1) is 21.0. The molecule has 0 aliphatic carbocycles. The Morgan fingerprint density at radius 2 is 1.59 bits per heavy atom. The molecular weight excluding hydrogens is 592 g/mol. The van der Waals surface area contributed by atoms with E-state index in [4.69, 9.17) is 42.6 Å². The molecule has 8 unspecified atom stereocenters. The number of esters is 1. The van der Waals surface area contributed by atoms with Gasteiger partial charge >= 0.3 is 5.97 Å². The molecule has 4 rings (SSSR count). The van der Waals surface area contributed by atoms with Crippen molar-refractivity contribution in [3.63, 3.8) is 0 Å². The van der Waals surface area contributed by atoms with E-state index in [9.17, 15) is 35.4 Å². The maximum atomic E-state index is 12.6. The van der Waals surface area contributed by atoms with Crippen LogP contribution in [0.4, 0.5) is 0 Å². The van der Waals surface area contributed by atoms with Crippen LogP contribution in [0.3, 0.4) is 0 Å². The van der Waals surface area contributed by atoms with Gasteiger partial charge in [-0.05, 0) is 18.2 Å². The fourth-order valence-electron chi connectivity index (χ4n) is 4.69. The van der Waals surface area contributed by atoms with E-state index >= 15 is 0 Å². The summed E-state index contributed by atoms with van der Waals surface area (Å²) in [6, 6.07) is 6.61. The van der Waals surface area contributed by atoms with Gasteiger partial charge in [0.1, 0.15) is 36.8 Å². The molecule has 0 spiro atoms. The van der Waals surface area contributed by atoms with Gasteiger partial charge < -0.3 is 73.3 Å². The largest absolute Gasteiger partial charge is 0.504 e. The van der Waals surface area contributed by atoms with E-state index in [1.165, 1.54) is 58.8 Å². The Bertz CT molecular complexity index is 1260. The second kappa shape index (κ2) is 14.0. The monoisotopic (exact) mass is 628 g/mol. The number of hydrogen-bond donors (Lipinski definition) is 6. The number of rotatable bonds is 12. The Hall–Kier alpha value is -3.61. The lowest BCUT2D eigenvalue weighted by molar-refractivity contribution is -0.318. The van der Waals surface area contributed by atoms with Crippen LogP contribution in [0.25, 0.3) is 0 Å². The van der Waals surface area contributed by atoms with Crippen LogP contribution in [-0.4, -0.2) is 134 Å². The molecule has 8 atom stereocenters. The maximum Gasteiger partial charge on any atom is 0.338 e. The summed E-state index contributed by atoms with van der Waals surface area (Å²) < 4.78 is 48.9. The van der Waals surface area contributed by atoms with Crippen molar-refractivity contribution < 1.29 is 78.1 Å². The average molecular weight is 629 g/mol. The molecule has 0 radical (unpaired) electrons. The van der Waals surface area contributed by atoms with Gasteiger partial charge in [0.25, 0.3) is 0 Å². The van der Waals surface area contributed by atoms with E-state index in [1.807, 2.05) is 0 Å². The van der Waals surface area contributed by atoms with Gasteiger partial charge in [0.2, 0.25) is 12.0 Å². The molecule has 0 saturated carbocycles. The molecule has 16 heteroatoms. The Labute approximate surface area is 251 Å². The molecule has 44 heavy (non-hydrogen) atoms.